The number of rotatable bonds is 5. The van der Waals surface area contributed by atoms with Crippen molar-refractivity contribution in [3.8, 4) is 0 Å². The molecule has 2 aromatic heterocycles. The van der Waals surface area contributed by atoms with E-state index in [0.29, 0.717) is 16.7 Å². The number of aromatic nitrogens is 3. The highest BCUT2D eigenvalue weighted by molar-refractivity contribution is 9.10. The summed E-state index contributed by atoms with van der Waals surface area (Å²) in [5.74, 6) is 0.761. The first-order valence-electron chi connectivity index (χ1n) is 6.51. The van der Waals surface area contributed by atoms with E-state index in [0.717, 1.165) is 17.0 Å². The molecule has 1 atom stereocenters. The number of halogens is 1. The molecule has 0 aliphatic carbocycles. The minimum atomic E-state index is -0.203. The third-order valence-electron chi connectivity index (χ3n) is 3.18. The van der Waals surface area contributed by atoms with Crippen LogP contribution in [-0.2, 0) is 6.54 Å². The molecule has 1 unspecified atom stereocenters. The Morgan fingerprint density at radius 3 is 2.86 bits per heavy atom. The van der Waals surface area contributed by atoms with E-state index in [1.54, 1.807) is 12.3 Å². The first-order chi connectivity index (χ1) is 9.95. The van der Waals surface area contributed by atoms with Crippen LogP contribution in [0.2, 0.25) is 0 Å². The lowest BCUT2D eigenvalue weighted by molar-refractivity contribution is 0.392. The zero-order valence-corrected chi connectivity index (χ0v) is 13.8. The smallest absolute Gasteiger partial charge is 0.283 e. The fraction of sp³-hybridized carbons (Fsp3) is 0.357. The Labute approximate surface area is 131 Å². The Balaban J connectivity index is 2.30. The van der Waals surface area contributed by atoms with Crippen LogP contribution in [0.15, 0.2) is 32.6 Å². The minimum absolute atomic E-state index is 0.0518. The molecule has 0 saturated carbocycles. The number of anilines is 1. The van der Waals surface area contributed by atoms with Crippen LogP contribution < -0.4 is 10.9 Å². The predicted molar refractivity (Wildman–Crippen MR) is 84.4 cm³/mol. The monoisotopic (exact) mass is 352 g/mol. The fourth-order valence-electron chi connectivity index (χ4n) is 2.23. The molecule has 6 nitrogen and oxygen atoms in total. The Bertz CT molecular complexity index is 701. The van der Waals surface area contributed by atoms with Crippen molar-refractivity contribution in [1.29, 1.82) is 0 Å². The van der Waals surface area contributed by atoms with E-state index in [1.165, 1.54) is 4.68 Å². The van der Waals surface area contributed by atoms with E-state index in [1.807, 2.05) is 20.8 Å². The van der Waals surface area contributed by atoms with Crippen molar-refractivity contribution in [3.63, 3.8) is 0 Å². The Kier molecular flexibility index (Phi) is 4.62. The van der Waals surface area contributed by atoms with Gasteiger partial charge in [-0.1, -0.05) is 11.2 Å². The molecular formula is C14H17BrN4O2. The highest BCUT2D eigenvalue weighted by Crippen LogP contribution is 2.26. The van der Waals surface area contributed by atoms with E-state index >= 15 is 0 Å². The van der Waals surface area contributed by atoms with Gasteiger partial charge in [0.05, 0.1) is 30.2 Å². The van der Waals surface area contributed by atoms with E-state index in [-0.39, 0.29) is 11.6 Å². The molecule has 0 bridgehead atoms. The van der Waals surface area contributed by atoms with Gasteiger partial charge in [0.25, 0.3) is 5.56 Å². The molecule has 1 N–H and O–H groups in total. The van der Waals surface area contributed by atoms with Gasteiger partial charge in [0.2, 0.25) is 0 Å². The van der Waals surface area contributed by atoms with Gasteiger partial charge in [-0.25, -0.2) is 4.68 Å². The molecule has 0 radical (unpaired) electrons. The van der Waals surface area contributed by atoms with Gasteiger partial charge in [0.15, 0.2) is 0 Å². The van der Waals surface area contributed by atoms with Gasteiger partial charge in [-0.3, -0.25) is 4.79 Å². The Hall–Kier alpha value is -1.89. The van der Waals surface area contributed by atoms with Gasteiger partial charge in [-0.2, -0.15) is 5.10 Å². The van der Waals surface area contributed by atoms with E-state index in [2.05, 4.69) is 38.1 Å². The van der Waals surface area contributed by atoms with Crippen molar-refractivity contribution < 1.29 is 4.52 Å². The number of aryl methyl sites for hydroxylation is 2. The maximum atomic E-state index is 12.1. The number of hydrogen-bond donors (Lipinski definition) is 1. The van der Waals surface area contributed by atoms with Crippen molar-refractivity contribution in [1.82, 2.24) is 14.9 Å². The van der Waals surface area contributed by atoms with Gasteiger partial charge in [0, 0.05) is 5.56 Å². The molecule has 0 aromatic carbocycles. The summed E-state index contributed by atoms with van der Waals surface area (Å²) in [7, 11) is 0. The average molecular weight is 353 g/mol. The van der Waals surface area contributed by atoms with Crippen LogP contribution >= 0.6 is 15.9 Å². The summed E-state index contributed by atoms with van der Waals surface area (Å²) in [6, 6.07) is -0.0518. The zero-order valence-electron chi connectivity index (χ0n) is 12.2. The van der Waals surface area contributed by atoms with Gasteiger partial charge >= 0.3 is 0 Å². The SMILES string of the molecule is C=CCn1ncc(NC(C)c2c(C)noc2C)c(Br)c1=O. The van der Waals surface area contributed by atoms with Crippen molar-refractivity contribution in [3.05, 3.63) is 50.7 Å². The van der Waals surface area contributed by atoms with Crippen molar-refractivity contribution in [2.24, 2.45) is 0 Å². The molecule has 0 aliphatic heterocycles. The molecule has 112 valence electrons. The first-order valence-corrected chi connectivity index (χ1v) is 7.30. The van der Waals surface area contributed by atoms with E-state index < -0.39 is 0 Å². The molecule has 7 heteroatoms. The number of hydrogen-bond acceptors (Lipinski definition) is 5. The third-order valence-corrected chi connectivity index (χ3v) is 3.95. The average Bonchev–Trinajstić information content (AvgIpc) is 2.78. The minimum Gasteiger partial charge on any atom is -0.376 e. The Morgan fingerprint density at radius 1 is 1.57 bits per heavy atom. The van der Waals surface area contributed by atoms with Crippen LogP contribution in [0.1, 0.15) is 30.0 Å². The van der Waals surface area contributed by atoms with Crippen LogP contribution in [0.3, 0.4) is 0 Å². The standard InChI is InChI=1S/C14H17BrN4O2/c1-5-6-19-14(20)13(15)11(7-16-19)17-8(2)12-9(3)18-21-10(12)4/h5,7-8,17H,1,6H2,2-4H3. The Morgan fingerprint density at radius 2 is 2.29 bits per heavy atom. The lowest BCUT2D eigenvalue weighted by Crippen LogP contribution is -2.24. The van der Waals surface area contributed by atoms with Gasteiger partial charge < -0.3 is 9.84 Å². The van der Waals surface area contributed by atoms with Crippen LogP contribution in [0, 0.1) is 13.8 Å². The maximum absolute atomic E-state index is 12.1. The molecule has 0 spiro atoms. The second-order valence-electron chi connectivity index (χ2n) is 4.75. The van der Waals surface area contributed by atoms with Crippen LogP contribution in [0.25, 0.3) is 0 Å². The molecule has 2 heterocycles. The summed E-state index contributed by atoms with van der Waals surface area (Å²) in [6.07, 6.45) is 3.24. The lowest BCUT2D eigenvalue weighted by atomic mass is 10.1. The summed E-state index contributed by atoms with van der Waals surface area (Å²) in [4.78, 5) is 12.1. The van der Waals surface area contributed by atoms with Crippen LogP contribution in [-0.4, -0.2) is 14.9 Å². The second kappa shape index (κ2) is 6.26. The molecular weight excluding hydrogens is 336 g/mol. The molecule has 0 saturated heterocycles. The number of nitrogens with zero attached hydrogens (tertiary/aromatic N) is 3. The molecule has 0 amide bonds. The van der Waals surface area contributed by atoms with Crippen LogP contribution in [0.5, 0.6) is 0 Å². The van der Waals surface area contributed by atoms with Gasteiger partial charge in [-0.15, -0.1) is 6.58 Å². The summed E-state index contributed by atoms with van der Waals surface area (Å²) < 4.78 is 6.94. The molecule has 0 fully saturated rings. The van der Waals surface area contributed by atoms with Crippen molar-refractivity contribution in [2.75, 3.05) is 5.32 Å². The summed E-state index contributed by atoms with van der Waals surface area (Å²) in [5, 5.41) is 11.3. The summed E-state index contributed by atoms with van der Waals surface area (Å²) >= 11 is 3.32. The second-order valence-corrected chi connectivity index (χ2v) is 5.55. The summed E-state index contributed by atoms with van der Waals surface area (Å²) in [6.45, 7) is 9.71. The topological polar surface area (TPSA) is 73.0 Å². The van der Waals surface area contributed by atoms with E-state index in [9.17, 15) is 4.79 Å². The van der Waals surface area contributed by atoms with Crippen molar-refractivity contribution in [2.45, 2.75) is 33.4 Å². The highest BCUT2D eigenvalue weighted by Gasteiger charge is 2.18. The highest BCUT2D eigenvalue weighted by atomic mass is 79.9. The van der Waals surface area contributed by atoms with Gasteiger partial charge in [0.1, 0.15) is 10.2 Å². The molecule has 21 heavy (non-hydrogen) atoms. The molecule has 2 aromatic rings. The molecule has 0 aliphatic rings. The number of nitrogens with one attached hydrogen (secondary N) is 1. The maximum Gasteiger partial charge on any atom is 0.283 e. The summed E-state index contributed by atoms with van der Waals surface area (Å²) in [5.41, 5.74) is 2.24. The quantitative estimate of drug-likeness (QED) is 0.837. The van der Waals surface area contributed by atoms with E-state index in [4.69, 9.17) is 4.52 Å². The molecule has 2 rings (SSSR count). The fourth-order valence-corrected chi connectivity index (χ4v) is 2.65. The normalized spacial score (nSPS) is 12.2. The van der Waals surface area contributed by atoms with Gasteiger partial charge in [-0.05, 0) is 36.7 Å². The zero-order chi connectivity index (χ0) is 15.6. The van der Waals surface area contributed by atoms with Crippen molar-refractivity contribution >= 4 is 21.6 Å². The largest absolute Gasteiger partial charge is 0.376 e. The predicted octanol–water partition coefficient (Wildman–Crippen LogP) is 2.97. The third kappa shape index (κ3) is 3.07. The van der Waals surface area contributed by atoms with Crippen LogP contribution in [0.4, 0.5) is 5.69 Å². The first kappa shape index (κ1) is 15.5. The lowest BCUT2D eigenvalue weighted by Gasteiger charge is -2.16. The number of allylic oxidation sites excluding steroid dienone is 1.